The molecular formula is C54H83N5. The molecule has 0 atom stereocenters. The normalized spacial score (nSPS) is 13.8. The maximum atomic E-state index is 4.87. The van der Waals surface area contributed by atoms with Gasteiger partial charge in [0.1, 0.15) is 5.82 Å². The van der Waals surface area contributed by atoms with Gasteiger partial charge in [-0.3, -0.25) is 4.99 Å². The van der Waals surface area contributed by atoms with Gasteiger partial charge in [-0.1, -0.05) is 214 Å². The minimum Gasteiger partial charge on any atom is -0.360 e. The molecule has 0 spiro atoms. The van der Waals surface area contributed by atoms with Crippen molar-refractivity contribution in [2.24, 2.45) is 4.99 Å². The largest absolute Gasteiger partial charge is 0.360 e. The van der Waals surface area contributed by atoms with E-state index < -0.39 is 0 Å². The number of aliphatic imine (C=N–C) groups is 1. The first-order chi connectivity index (χ1) is 29.2. The summed E-state index contributed by atoms with van der Waals surface area (Å²) in [7, 11) is 0. The molecular weight excluding hydrogens is 719 g/mol. The summed E-state index contributed by atoms with van der Waals surface area (Å²) in [6, 6.07) is 30.9. The Bertz CT molecular complexity index is 1500. The molecule has 324 valence electrons. The monoisotopic (exact) mass is 802 g/mol. The van der Waals surface area contributed by atoms with Gasteiger partial charge >= 0.3 is 0 Å². The van der Waals surface area contributed by atoms with Gasteiger partial charge in [-0.2, -0.15) is 0 Å². The summed E-state index contributed by atoms with van der Waals surface area (Å²) in [4.78, 5) is 18.2. The molecule has 1 aromatic heterocycles. The van der Waals surface area contributed by atoms with Crippen molar-refractivity contribution in [1.82, 2.24) is 19.8 Å². The molecule has 2 aliphatic rings. The van der Waals surface area contributed by atoms with Crippen molar-refractivity contribution in [3.8, 4) is 33.9 Å². The zero-order valence-electron chi connectivity index (χ0n) is 38.0. The van der Waals surface area contributed by atoms with Gasteiger partial charge in [0.25, 0.3) is 0 Å². The van der Waals surface area contributed by atoms with Crippen LogP contribution in [0.4, 0.5) is 0 Å². The highest BCUT2D eigenvalue weighted by Gasteiger charge is 2.17. The van der Waals surface area contributed by atoms with Crippen LogP contribution in [-0.4, -0.2) is 64.9 Å². The van der Waals surface area contributed by atoms with Crippen LogP contribution in [0, 0.1) is 0 Å². The Morgan fingerprint density at radius 2 is 0.949 bits per heavy atom. The van der Waals surface area contributed by atoms with Crippen LogP contribution in [0.2, 0.25) is 0 Å². The second kappa shape index (κ2) is 31.2. The number of aromatic amines is 1. The SMILES string of the molecule is C1CCC2=NCCCN2CC1.CCCCCCCCN(CCCCCCCC)CCCCCCCC.c1ccc(-c2nc(-c3ccccc3)c(-c3ccccc3)[nH]2)cc1. The van der Waals surface area contributed by atoms with E-state index >= 15 is 0 Å². The molecule has 0 bridgehead atoms. The van der Waals surface area contributed by atoms with Crippen molar-refractivity contribution in [3.63, 3.8) is 0 Å². The van der Waals surface area contributed by atoms with Crippen molar-refractivity contribution in [1.29, 1.82) is 0 Å². The zero-order valence-corrected chi connectivity index (χ0v) is 38.0. The summed E-state index contributed by atoms with van der Waals surface area (Å²) in [6.07, 6.45) is 32.3. The molecule has 0 aliphatic carbocycles. The predicted octanol–water partition coefficient (Wildman–Crippen LogP) is 15.4. The molecule has 5 nitrogen and oxygen atoms in total. The number of H-pyrrole nitrogens is 1. The van der Waals surface area contributed by atoms with Crippen molar-refractivity contribution < 1.29 is 0 Å². The lowest BCUT2D eigenvalue weighted by atomic mass is 10.1. The lowest BCUT2D eigenvalue weighted by Gasteiger charge is -2.27. The Morgan fingerprint density at radius 3 is 1.47 bits per heavy atom. The van der Waals surface area contributed by atoms with Crippen LogP contribution >= 0.6 is 0 Å². The van der Waals surface area contributed by atoms with E-state index in [0.717, 1.165) is 40.4 Å². The van der Waals surface area contributed by atoms with Gasteiger partial charge in [0.15, 0.2) is 0 Å². The molecule has 3 aromatic carbocycles. The molecule has 59 heavy (non-hydrogen) atoms. The molecule has 1 N–H and O–H groups in total. The molecule has 1 fully saturated rings. The van der Waals surface area contributed by atoms with Gasteiger partial charge in [0.05, 0.1) is 17.2 Å². The minimum absolute atomic E-state index is 0.892. The summed E-state index contributed by atoms with van der Waals surface area (Å²) < 4.78 is 0. The molecule has 0 amide bonds. The number of aromatic nitrogens is 2. The molecule has 0 radical (unpaired) electrons. The second-order valence-electron chi connectivity index (χ2n) is 17.0. The van der Waals surface area contributed by atoms with E-state index in [2.05, 4.69) is 76.9 Å². The molecule has 3 heterocycles. The standard InChI is InChI=1S/C24H51N.C21H16N2.C9H16N2/c1-4-7-10-13-16-19-22-25(23-20-17-14-11-8-5-2)24-21-18-15-12-9-6-3;1-4-10-16(11-5-1)19-20(17-12-6-2-7-13-17)23-21(22-19)18-14-8-3-9-15-18;1-2-5-9-10-6-4-8-11(9)7-3-1/h4-24H2,1-3H3;1-15H,(H,22,23);1-8H2. The minimum atomic E-state index is 0.892. The second-order valence-corrected chi connectivity index (χ2v) is 17.0. The molecule has 4 aromatic rings. The Labute approximate surface area is 361 Å². The predicted molar refractivity (Wildman–Crippen MR) is 258 cm³/mol. The van der Waals surface area contributed by atoms with E-state index in [-0.39, 0.29) is 0 Å². The number of hydrogen-bond acceptors (Lipinski definition) is 4. The molecule has 1 saturated heterocycles. The van der Waals surface area contributed by atoms with E-state index in [1.54, 1.807) is 0 Å². The highest BCUT2D eigenvalue weighted by atomic mass is 15.2. The summed E-state index contributed by atoms with van der Waals surface area (Å²) in [5.41, 5.74) is 5.38. The first-order valence-electron chi connectivity index (χ1n) is 24.5. The van der Waals surface area contributed by atoms with Crippen LogP contribution in [0.15, 0.2) is 96.0 Å². The topological polar surface area (TPSA) is 47.5 Å². The Kier molecular flexibility index (Phi) is 25.4. The van der Waals surface area contributed by atoms with Crippen LogP contribution in [0.3, 0.4) is 0 Å². The molecule has 6 rings (SSSR count). The number of nitrogens with zero attached hydrogens (tertiary/aromatic N) is 4. The Morgan fingerprint density at radius 1 is 0.492 bits per heavy atom. The fraction of sp³-hybridized carbons (Fsp3) is 0.593. The summed E-state index contributed by atoms with van der Waals surface area (Å²) in [6.45, 7) is 14.6. The third-order valence-corrected chi connectivity index (χ3v) is 11.9. The smallest absolute Gasteiger partial charge is 0.138 e. The van der Waals surface area contributed by atoms with Crippen molar-refractivity contribution in [3.05, 3.63) is 91.0 Å². The van der Waals surface area contributed by atoms with E-state index in [1.807, 2.05) is 54.6 Å². The van der Waals surface area contributed by atoms with Crippen LogP contribution in [0.1, 0.15) is 168 Å². The highest BCUT2D eigenvalue weighted by Crippen LogP contribution is 2.32. The first-order valence-corrected chi connectivity index (χ1v) is 24.5. The third-order valence-electron chi connectivity index (χ3n) is 11.9. The zero-order chi connectivity index (χ0) is 41.4. The van der Waals surface area contributed by atoms with Gasteiger partial charge in [-0.05, 0) is 58.2 Å². The first kappa shape index (κ1) is 48.0. The third kappa shape index (κ3) is 19.5. The lowest BCUT2D eigenvalue weighted by molar-refractivity contribution is 0.254. The van der Waals surface area contributed by atoms with E-state index in [4.69, 9.17) is 4.98 Å². The fourth-order valence-corrected chi connectivity index (χ4v) is 8.35. The van der Waals surface area contributed by atoms with Crippen molar-refractivity contribution in [2.45, 2.75) is 168 Å². The van der Waals surface area contributed by atoms with Crippen LogP contribution in [0.5, 0.6) is 0 Å². The van der Waals surface area contributed by atoms with Crippen molar-refractivity contribution >= 4 is 5.84 Å². The molecule has 5 heteroatoms. The van der Waals surface area contributed by atoms with Crippen LogP contribution < -0.4 is 0 Å². The lowest BCUT2D eigenvalue weighted by Crippen LogP contribution is -2.34. The van der Waals surface area contributed by atoms with Gasteiger partial charge in [0.2, 0.25) is 0 Å². The molecule has 2 aliphatic heterocycles. The maximum Gasteiger partial charge on any atom is 0.138 e. The van der Waals surface area contributed by atoms with Crippen molar-refractivity contribution in [2.75, 3.05) is 39.3 Å². The van der Waals surface area contributed by atoms with Gasteiger partial charge in [-0.15, -0.1) is 0 Å². The van der Waals surface area contributed by atoms with E-state index in [0.29, 0.717) is 0 Å². The number of imidazole rings is 1. The summed E-state index contributed by atoms with van der Waals surface area (Å²) in [5, 5.41) is 0. The van der Waals surface area contributed by atoms with Crippen LogP contribution in [0.25, 0.3) is 33.9 Å². The highest BCUT2D eigenvalue weighted by molar-refractivity contribution is 5.83. The van der Waals surface area contributed by atoms with Gasteiger partial charge in [-0.25, -0.2) is 4.98 Å². The van der Waals surface area contributed by atoms with E-state index in [1.165, 1.54) is 186 Å². The van der Waals surface area contributed by atoms with Gasteiger partial charge < -0.3 is 14.8 Å². The fourth-order valence-electron chi connectivity index (χ4n) is 8.35. The number of unbranched alkanes of at least 4 members (excludes halogenated alkanes) is 15. The van der Waals surface area contributed by atoms with E-state index in [9.17, 15) is 0 Å². The van der Waals surface area contributed by atoms with Crippen LogP contribution in [-0.2, 0) is 0 Å². The summed E-state index contributed by atoms with van der Waals surface area (Å²) >= 11 is 0. The number of rotatable bonds is 24. The number of benzene rings is 3. The summed E-state index contributed by atoms with van der Waals surface area (Å²) in [5.74, 6) is 2.29. The quantitative estimate of drug-likeness (QED) is 0.0718. The Balaban J connectivity index is 0.000000208. The Hall–Kier alpha value is -3.70. The number of nitrogens with one attached hydrogen (secondary N) is 1. The average Bonchev–Trinajstić information content (AvgIpc) is 3.60. The number of fused-ring (bicyclic) bond motifs is 1. The number of hydrogen-bond donors (Lipinski definition) is 1. The average molecular weight is 802 g/mol. The molecule has 0 saturated carbocycles. The number of amidine groups is 1. The molecule has 0 unspecified atom stereocenters. The maximum absolute atomic E-state index is 4.87. The van der Waals surface area contributed by atoms with Gasteiger partial charge in [0, 0.05) is 42.7 Å².